The van der Waals surface area contributed by atoms with Gasteiger partial charge in [-0.15, -0.1) is 11.3 Å². The maximum absolute atomic E-state index is 12.9. The maximum atomic E-state index is 12.9. The summed E-state index contributed by atoms with van der Waals surface area (Å²) in [5, 5.41) is 13.1. The highest BCUT2D eigenvalue weighted by atomic mass is 32.2. The predicted octanol–water partition coefficient (Wildman–Crippen LogP) is 5.50. The van der Waals surface area contributed by atoms with Gasteiger partial charge in [-0.05, 0) is 24.4 Å². The van der Waals surface area contributed by atoms with E-state index in [1.165, 1.54) is 35.2 Å². The van der Waals surface area contributed by atoms with Crippen LogP contribution in [-0.2, 0) is 4.79 Å². The number of fused-ring (bicyclic) bond motifs is 2. The van der Waals surface area contributed by atoms with Crippen LogP contribution in [0.3, 0.4) is 0 Å². The molecule has 0 bridgehead atoms. The molecule has 6 nitrogen and oxygen atoms in total. The lowest BCUT2D eigenvalue weighted by atomic mass is 10.1. The molecule has 29 heavy (non-hydrogen) atoms. The van der Waals surface area contributed by atoms with Crippen molar-refractivity contribution in [3.05, 3.63) is 70.8 Å². The van der Waals surface area contributed by atoms with Gasteiger partial charge in [-0.25, -0.2) is 4.98 Å². The van der Waals surface area contributed by atoms with E-state index >= 15 is 0 Å². The van der Waals surface area contributed by atoms with Gasteiger partial charge in [-0.1, -0.05) is 48.2 Å². The molecule has 0 unspecified atom stereocenters. The summed E-state index contributed by atoms with van der Waals surface area (Å²) in [7, 11) is 0. The first-order chi connectivity index (χ1) is 14.1. The fourth-order valence-electron chi connectivity index (χ4n) is 3.19. The maximum Gasteiger partial charge on any atom is 0.270 e. The second-order valence-electron chi connectivity index (χ2n) is 6.31. The highest BCUT2D eigenvalue weighted by Crippen LogP contribution is 2.33. The summed E-state index contributed by atoms with van der Waals surface area (Å²) in [6, 6.07) is 18.6. The average Bonchev–Trinajstić information content (AvgIpc) is 3.15. The summed E-state index contributed by atoms with van der Waals surface area (Å²) in [5.41, 5.74) is 1.65. The third-order valence-electron chi connectivity index (χ3n) is 4.56. The van der Waals surface area contributed by atoms with E-state index in [1.54, 1.807) is 11.0 Å². The van der Waals surface area contributed by atoms with Crippen LogP contribution in [0.15, 0.2) is 65.0 Å². The minimum Gasteiger partial charge on any atom is -0.311 e. The molecule has 1 amide bonds. The first-order valence-electron chi connectivity index (χ1n) is 9.02. The van der Waals surface area contributed by atoms with Crippen molar-refractivity contribution in [1.29, 1.82) is 0 Å². The van der Waals surface area contributed by atoms with Gasteiger partial charge in [0.25, 0.3) is 5.69 Å². The lowest BCUT2D eigenvalue weighted by Gasteiger charge is -2.22. The Morgan fingerprint density at radius 1 is 1.17 bits per heavy atom. The number of nitro benzene ring substituents is 1. The molecular formula is C21H17N3O3S2. The number of carbonyl (C=O) groups is 1. The van der Waals surface area contributed by atoms with E-state index in [0.29, 0.717) is 12.1 Å². The SMILES string of the molecule is CCN(C(=O)CSc1nc2ccc([N+](=O)[O-])cc2s1)c1cccc2ccccc12. The molecule has 0 aliphatic rings. The summed E-state index contributed by atoms with van der Waals surface area (Å²) in [6.45, 7) is 2.53. The van der Waals surface area contributed by atoms with Crippen LogP contribution in [0.5, 0.6) is 0 Å². The fourth-order valence-corrected chi connectivity index (χ4v) is 5.17. The Morgan fingerprint density at radius 2 is 1.97 bits per heavy atom. The normalized spacial score (nSPS) is 11.1. The zero-order valence-corrected chi connectivity index (χ0v) is 17.2. The van der Waals surface area contributed by atoms with Crippen molar-refractivity contribution in [3.63, 3.8) is 0 Å². The minimum atomic E-state index is -0.418. The van der Waals surface area contributed by atoms with Gasteiger partial charge in [-0.2, -0.15) is 0 Å². The van der Waals surface area contributed by atoms with E-state index in [2.05, 4.69) is 4.98 Å². The number of hydrogen-bond acceptors (Lipinski definition) is 6. The molecule has 1 heterocycles. The molecule has 0 saturated carbocycles. The predicted molar refractivity (Wildman–Crippen MR) is 119 cm³/mol. The van der Waals surface area contributed by atoms with E-state index in [9.17, 15) is 14.9 Å². The summed E-state index contributed by atoms with van der Waals surface area (Å²) in [6.07, 6.45) is 0. The lowest BCUT2D eigenvalue weighted by Crippen LogP contribution is -2.32. The van der Waals surface area contributed by atoms with Crippen LogP contribution in [0.4, 0.5) is 11.4 Å². The van der Waals surface area contributed by atoms with Gasteiger partial charge in [-0.3, -0.25) is 14.9 Å². The number of thiazole rings is 1. The number of anilines is 1. The smallest absolute Gasteiger partial charge is 0.270 e. The molecule has 0 atom stereocenters. The molecule has 0 saturated heterocycles. The number of benzene rings is 3. The second kappa shape index (κ2) is 8.18. The highest BCUT2D eigenvalue weighted by molar-refractivity contribution is 8.01. The molecule has 0 radical (unpaired) electrons. The average molecular weight is 424 g/mol. The zero-order chi connectivity index (χ0) is 20.4. The molecule has 0 fully saturated rings. The Morgan fingerprint density at radius 3 is 2.76 bits per heavy atom. The Labute approximate surface area is 175 Å². The van der Waals surface area contributed by atoms with Crippen LogP contribution in [0.2, 0.25) is 0 Å². The quantitative estimate of drug-likeness (QED) is 0.232. The Bertz CT molecular complexity index is 1220. The summed E-state index contributed by atoms with van der Waals surface area (Å²) in [4.78, 5) is 29.7. The van der Waals surface area contributed by atoms with Crippen molar-refractivity contribution in [1.82, 2.24) is 4.98 Å². The number of nitrogens with zero attached hydrogens (tertiary/aromatic N) is 3. The summed E-state index contributed by atoms with van der Waals surface area (Å²) >= 11 is 2.72. The molecule has 0 N–H and O–H groups in total. The molecule has 8 heteroatoms. The molecule has 1 aromatic heterocycles. The van der Waals surface area contributed by atoms with Gasteiger partial charge in [0.15, 0.2) is 4.34 Å². The van der Waals surface area contributed by atoms with E-state index in [-0.39, 0.29) is 17.3 Å². The molecule has 0 spiro atoms. The monoisotopic (exact) mass is 423 g/mol. The van der Waals surface area contributed by atoms with Crippen LogP contribution in [0, 0.1) is 10.1 Å². The topological polar surface area (TPSA) is 76.3 Å². The first-order valence-corrected chi connectivity index (χ1v) is 10.8. The van der Waals surface area contributed by atoms with Gasteiger partial charge < -0.3 is 4.90 Å². The standard InChI is InChI=1S/C21H17N3O3S2/c1-2-23(18-9-5-7-14-6-3-4-8-16(14)18)20(25)13-28-21-22-17-11-10-15(24(26)27)12-19(17)29-21/h3-12H,2,13H2,1H3. The zero-order valence-electron chi connectivity index (χ0n) is 15.6. The number of rotatable bonds is 6. The largest absolute Gasteiger partial charge is 0.311 e. The molecule has 0 aliphatic heterocycles. The molecular weight excluding hydrogens is 406 g/mol. The third kappa shape index (κ3) is 3.94. The van der Waals surface area contributed by atoms with Crippen LogP contribution < -0.4 is 4.90 Å². The van der Waals surface area contributed by atoms with Crippen LogP contribution >= 0.6 is 23.1 Å². The van der Waals surface area contributed by atoms with E-state index in [4.69, 9.17) is 0 Å². The lowest BCUT2D eigenvalue weighted by molar-refractivity contribution is -0.384. The summed E-state index contributed by atoms with van der Waals surface area (Å²) in [5.74, 6) is 0.248. The number of carbonyl (C=O) groups excluding carboxylic acids is 1. The number of nitro groups is 1. The molecule has 146 valence electrons. The first kappa shape index (κ1) is 19.4. The van der Waals surface area contributed by atoms with Crippen molar-refractivity contribution in [3.8, 4) is 0 Å². The fraction of sp³-hybridized carbons (Fsp3) is 0.143. The Balaban J connectivity index is 1.53. The Hall–Kier alpha value is -2.97. The number of thioether (sulfide) groups is 1. The number of aromatic nitrogens is 1. The van der Waals surface area contributed by atoms with Crippen molar-refractivity contribution in [2.45, 2.75) is 11.3 Å². The Kier molecular flexibility index (Phi) is 5.46. The van der Waals surface area contributed by atoms with Crippen molar-refractivity contribution >= 4 is 61.4 Å². The van der Waals surface area contributed by atoms with Gasteiger partial charge >= 0.3 is 0 Å². The van der Waals surface area contributed by atoms with Gasteiger partial charge in [0.2, 0.25) is 5.91 Å². The third-order valence-corrected chi connectivity index (χ3v) is 6.70. The van der Waals surface area contributed by atoms with Gasteiger partial charge in [0.05, 0.1) is 26.6 Å². The molecule has 4 aromatic rings. The van der Waals surface area contributed by atoms with Gasteiger partial charge in [0, 0.05) is 24.1 Å². The molecule has 3 aromatic carbocycles. The van der Waals surface area contributed by atoms with Crippen LogP contribution in [-0.4, -0.2) is 28.1 Å². The van der Waals surface area contributed by atoms with Crippen molar-refractivity contribution in [2.75, 3.05) is 17.2 Å². The highest BCUT2D eigenvalue weighted by Gasteiger charge is 2.18. The number of hydrogen-bond donors (Lipinski definition) is 0. The minimum absolute atomic E-state index is 0.000843. The van der Waals surface area contributed by atoms with E-state index in [1.807, 2.05) is 49.4 Å². The van der Waals surface area contributed by atoms with Crippen LogP contribution in [0.1, 0.15) is 6.92 Å². The van der Waals surface area contributed by atoms with Crippen molar-refractivity contribution < 1.29 is 9.72 Å². The molecule has 4 rings (SSSR count). The number of amides is 1. The van der Waals surface area contributed by atoms with Crippen LogP contribution in [0.25, 0.3) is 21.0 Å². The number of non-ortho nitro benzene ring substituents is 1. The van der Waals surface area contributed by atoms with E-state index < -0.39 is 4.92 Å². The molecule has 0 aliphatic carbocycles. The van der Waals surface area contributed by atoms with Crippen molar-refractivity contribution in [2.24, 2.45) is 0 Å². The van der Waals surface area contributed by atoms with Gasteiger partial charge in [0.1, 0.15) is 0 Å². The second-order valence-corrected chi connectivity index (χ2v) is 8.57. The van der Waals surface area contributed by atoms with E-state index in [0.717, 1.165) is 25.5 Å². The summed E-state index contributed by atoms with van der Waals surface area (Å²) < 4.78 is 1.47.